The van der Waals surface area contributed by atoms with Crippen LogP contribution in [0, 0.1) is 0 Å². The molecule has 0 saturated heterocycles. The molecule has 0 aromatic carbocycles. The summed E-state index contributed by atoms with van der Waals surface area (Å²) in [4.78, 5) is 19.7. The Balaban J connectivity index is 0. The van der Waals surface area contributed by atoms with E-state index in [1.54, 1.807) is 0 Å². The van der Waals surface area contributed by atoms with Crippen molar-refractivity contribution in [2.45, 2.75) is 12.1 Å². The normalized spacial score (nSPS) is 14.4. The minimum Gasteiger partial charge on any atom is -0.480 e. The van der Waals surface area contributed by atoms with Crippen LogP contribution in [0.5, 0.6) is 0 Å². The Morgan fingerprint density at radius 1 is 1.18 bits per heavy atom. The molecular formula is C4H8ClNO5. The van der Waals surface area contributed by atoms with Crippen molar-refractivity contribution in [3.8, 4) is 0 Å². The van der Waals surface area contributed by atoms with Gasteiger partial charge in [0, 0.05) is 0 Å². The second kappa shape index (κ2) is 4.89. The fourth-order valence-corrected chi connectivity index (χ4v) is 0.289. The topological polar surface area (TPSA) is 121 Å². The first-order valence-corrected chi connectivity index (χ1v) is 2.36. The van der Waals surface area contributed by atoms with E-state index in [-0.39, 0.29) is 12.4 Å². The van der Waals surface area contributed by atoms with Gasteiger partial charge in [-0.2, -0.15) is 0 Å². The third-order valence-corrected chi connectivity index (χ3v) is 0.878. The molecule has 0 spiro atoms. The molecule has 2 atom stereocenters. The fraction of sp³-hybridized carbons (Fsp3) is 0.500. The maximum absolute atomic E-state index is 9.90. The van der Waals surface area contributed by atoms with Crippen LogP contribution < -0.4 is 5.73 Å². The number of nitrogens with two attached hydrogens (primary N) is 1. The molecular weight excluding hydrogens is 177 g/mol. The lowest BCUT2D eigenvalue weighted by Crippen LogP contribution is -2.46. The summed E-state index contributed by atoms with van der Waals surface area (Å²) in [5.41, 5.74) is 4.73. The van der Waals surface area contributed by atoms with Crippen LogP contribution in [0.15, 0.2) is 0 Å². The number of aliphatic hydroxyl groups excluding tert-OH is 1. The average Bonchev–Trinajstić information content (AvgIpc) is 1.84. The van der Waals surface area contributed by atoms with Gasteiger partial charge in [0.05, 0.1) is 0 Å². The van der Waals surface area contributed by atoms with E-state index in [0.29, 0.717) is 0 Å². The molecule has 0 aliphatic rings. The van der Waals surface area contributed by atoms with Gasteiger partial charge in [-0.15, -0.1) is 12.4 Å². The van der Waals surface area contributed by atoms with Gasteiger partial charge in [-0.1, -0.05) is 0 Å². The van der Waals surface area contributed by atoms with Gasteiger partial charge in [-0.05, 0) is 0 Å². The summed E-state index contributed by atoms with van der Waals surface area (Å²) in [6, 6.07) is -1.77. The number of carbonyl (C=O) groups is 2. The second-order valence-corrected chi connectivity index (χ2v) is 1.65. The molecule has 0 bridgehead atoms. The van der Waals surface area contributed by atoms with Gasteiger partial charge in [-0.3, -0.25) is 4.79 Å². The van der Waals surface area contributed by atoms with Gasteiger partial charge in [-0.25, -0.2) is 4.79 Å². The lowest BCUT2D eigenvalue weighted by Gasteiger charge is -2.08. The molecule has 0 aliphatic heterocycles. The molecule has 5 N–H and O–H groups in total. The van der Waals surface area contributed by atoms with Crippen LogP contribution >= 0.6 is 12.4 Å². The molecule has 11 heavy (non-hydrogen) atoms. The molecule has 0 heterocycles. The average molecular weight is 186 g/mol. The Hall–Kier alpha value is -0.850. The smallest absolute Gasteiger partial charge is 0.334 e. The van der Waals surface area contributed by atoms with Gasteiger partial charge >= 0.3 is 11.9 Å². The van der Waals surface area contributed by atoms with Crippen molar-refractivity contribution < 1.29 is 24.9 Å². The van der Waals surface area contributed by atoms with Crippen LogP contribution in [-0.4, -0.2) is 39.4 Å². The van der Waals surface area contributed by atoms with E-state index >= 15 is 0 Å². The summed E-state index contributed by atoms with van der Waals surface area (Å²) in [5, 5.41) is 24.5. The number of aliphatic hydroxyl groups is 1. The monoisotopic (exact) mass is 185 g/mol. The summed E-state index contributed by atoms with van der Waals surface area (Å²) in [7, 11) is 0. The first-order chi connectivity index (χ1) is 4.46. The third-order valence-electron chi connectivity index (χ3n) is 0.878. The summed E-state index contributed by atoms with van der Waals surface area (Å²) < 4.78 is 0. The quantitative estimate of drug-likeness (QED) is 0.415. The Labute approximate surface area is 68.0 Å². The highest BCUT2D eigenvalue weighted by Gasteiger charge is 2.27. The van der Waals surface area contributed by atoms with Crippen LogP contribution in [-0.2, 0) is 9.59 Å². The number of rotatable bonds is 3. The minimum atomic E-state index is -2.04. The fourth-order valence-electron chi connectivity index (χ4n) is 0.289. The van der Waals surface area contributed by atoms with Crippen molar-refractivity contribution in [2.75, 3.05) is 0 Å². The summed E-state index contributed by atoms with van der Waals surface area (Å²) in [5.74, 6) is -3.19. The number of carboxylic acid groups (broad SMARTS) is 2. The van der Waals surface area contributed by atoms with E-state index in [1.807, 2.05) is 0 Å². The number of aliphatic carboxylic acids is 2. The molecule has 0 aliphatic carbocycles. The molecule has 0 rings (SSSR count). The Bertz CT molecular complexity index is 143. The lowest BCUT2D eigenvalue weighted by atomic mass is 10.2. The number of hydrogen-bond donors (Lipinski definition) is 4. The van der Waals surface area contributed by atoms with Crippen molar-refractivity contribution in [1.29, 1.82) is 0 Å². The summed E-state index contributed by atoms with van der Waals surface area (Å²) in [6.07, 6.45) is -2.04. The largest absolute Gasteiger partial charge is 0.480 e. The van der Waals surface area contributed by atoms with E-state index in [0.717, 1.165) is 0 Å². The molecule has 0 radical (unpaired) electrons. The molecule has 0 aromatic heterocycles. The standard InChI is InChI=1S/C4H7NO5.ClH/c5-1(3(7)8)2(6)4(9)10;/h1-2,6H,5H2,(H,7,8)(H,9,10);1H/t1-,2+;/m0./s1. The van der Waals surface area contributed by atoms with Crippen molar-refractivity contribution in [1.82, 2.24) is 0 Å². The lowest BCUT2D eigenvalue weighted by molar-refractivity contribution is -0.154. The molecule has 0 amide bonds. The van der Waals surface area contributed by atoms with Gasteiger partial charge in [0.2, 0.25) is 0 Å². The Kier molecular flexibility index (Phi) is 5.69. The van der Waals surface area contributed by atoms with Crippen LogP contribution in [0.3, 0.4) is 0 Å². The number of hydrogen-bond acceptors (Lipinski definition) is 4. The van der Waals surface area contributed by atoms with Crippen LogP contribution in [0.2, 0.25) is 0 Å². The Morgan fingerprint density at radius 2 is 1.55 bits per heavy atom. The van der Waals surface area contributed by atoms with Gasteiger partial charge in [0.15, 0.2) is 6.10 Å². The molecule has 66 valence electrons. The third kappa shape index (κ3) is 3.76. The zero-order chi connectivity index (χ0) is 8.31. The van der Waals surface area contributed by atoms with Crippen molar-refractivity contribution in [3.05, 3.63) is 0 Å². The molecule has 0 saturated carbocycles. The zero-order valence-corrected chi connectivity index (χ0v) is 6.11. The van der Waals surface area contributed by atoms with Gasteiger partial charge in [0.1, 0.15) is 6.04 Å². The summed E-state index contributed by atoms with van der Waals surface area (Å²) >= 11 is 0. The summed E-state index contributed by atoms with van der Waals surface area (Å²) in [6.45, 7) is 0. The highest BCUT2D eigenvalue weighted by Crippen LogP contribution is 1.89. The van der Waals surface area contributed by atoms with Crippen LogP contribution in [0.25, 0.3) is 0 Å². The first-order valence-electron chi connectivity index (χ1n) is 2.36. The van der Waals surface area contributed by atoms with Crippen molar-refractivity contribution >= 4 is 24.3 Å². The zero-order valence-electron chi connectivity index (χ0n) is 5.30. The molecule has 0 fully saturated rings. The van der Waals surface area contributed by atoms with Crippen LogP contribution in [0.1, 0.15) is 0 Å². The van der Waals surface area contributed by atoms with E-state index in [2.05, 4.69) is 0 Å². The molecule has 7 heteroatoms. The number of carboxylic acids is 2. The van der Waals surface area contributed by atoms with E-state index in [9.17, 15) is 9.59 Å². The number of halogens is 1. The molecule has 6 nitrogen and oxygen atoms in total. The van der Waals surface area contributed by atoms with Gasteiger partial charge in [0.25, 0.3) is 0 Å². The molecule has 0 aromatic rings. The van der Waals surface area contributed by atoms with E-state index in [1.165, 1.54) is 0 Å². The Morgan fingerprint density at radius 3 is 1.64 bits per heavy atom. The van der Waals surface area contributed by atoms with Gasteiger partial charge < -0.3 is 21.1 Å². The van der Waals surface area contributed by atoms with E-state index in [4.69, 9.17) is 21.1 Å². The maximum Gasteiger partial charge on any atom is 0.334 e. The maximum atomic E-state index is 9.90. The minimum absolute atomic E-state index is 0. The SMILES string of the molecule is Cl.N[C@H](C(=O)O)[C@@H](O)C(=O)O. The molecule has 0 unspecified atom stereocenters. The van der Waals surface area contributed by atoms with E-state index < -0.39 is 24.1 Å². The van der Waals surface area contributed by atoms with Crippen molar-refractivity contribution in [2.24, 2.45) is 5.73 Å². The predicted molar refractivity (Wildman–Crippen MR) is 36.5 cm³/mol. The first kappa shape index (κ1) is 12.8. The second-order valence-electron chi connectivity index (χ2n) is 1.65. The highest BCUT2D eigenvalue weighted by atomic mass is 35.5. The highest BCUT2D eigenvalue weighted by molar-refractivity contribution is 5.85. The van der Waals surface area contributed by atoms with Crippen LogP contribution in [0.4, 0.5) is 0 Å². The predicted octanol–water partition coefficient (Wildman–Crippen LogP) is -1.73. The van der Waals surface area contributed by atoms with Crippen molar-refractivity contribution in [3.63, 3.8) is 0 Å².